The van der Waals surface area contributed by atoms with Crippen LogP contribution in [-0.4, -0.2) is 6.16 Å². The molecule has 0 aliphatic heterocycles. The molecule has 0 rings (SSSR count). The molecule has 0 aromatic rings. The van der Waals surface area contributed by atoms with E-state index in [1.54, 1.807) is 0 Å². The van der Waals surface area contributed by atoms with Crippen LogP contribution in [0.4, 0.5) is 0 Å². The van der Waals surface area contributed by atoms with Crippen molar-refractivity contribution in [1.82, 2.24) is 0 Å². The molecule has 38 valence electrons. The minimum atomic E-state index is -4.15. The Bertz CT molecular complexity index is 46.8. The fourth-order valence-corrected chi connectivity index (χ4v) is 0. The smallest absolute Gasteiger partial charge is 0.688 e. The van der Waals surface area contributed by atoms with Crippen molar-refractivity contribution in [3.8, 4) is 0 Å². The van der Waals surface area contributed by atoms with E-state index in [0.29, 0.717) is 0 Å². The van der Waals surface area contributed by atoms with E-state index in [1.165, 1.54) is 6.92 Å². The first kappa shape index (κ1) is 22.8. The Balaban J connectivity index is -0.0000000417. The van der Waals surface area contributed by atoms with Crippen molar-refractivity contribution in [1.29, 1.82) is 0 Å². The second-order valence-corrected chi connectivity index (χ2v) is 2.78. The molecular formula is C2H5Na3O3P+. The van der Waals surface area contributed by atoms with Gasteiger partial charge in [0.1, 0.15) is 0 Å². The molecule has 0 fully saturated rings. The Morgan fingerprint density at radius 2 is 1.11 bits per heavy atom. The molecule has 0 amide bonds. The van der Waals surface area contributed by atoms with Gasteiger partial charge in [0, 0.05) is 6.16 Å². The molecule has 0 radical (unpaired) electrons. The van der Waals surface area contributed by atoms with Crippen LogP contribution in [0.25, 0.3) is 0 Å². The Morgan fingerprint density at radius 3 is 1.11 bits per heavy atom. The van der Waals surface area contributed by atoms with Crippen molar-refractivity contribution >= 4 is 7.94 Å². The van der Waals surface area contributed by atoms with Crippen molar-refractivity contribution in [2.45, 2.75) is 6.92 Å². The van der Waals surface area contributed by atoms with Crippen LogP contribution < -0.4 is 103 Å². The van der Waals surface area contributed by atoms with Gasteiger partial charge in [-0.2, -0.15) is 7.94 Å². The van der Waals surface area contributed by atoms with Crippen LogP contribution in [0.5, 0.6) is 0 Å². The Labute approximate surface area is 122 Å². The molecule has 0 saturated carbocycles. The summed E-state index contributed by atoms with van der Waals surface area (Å²) >= 11 is 0. The number of rotatable bonds is 1. The van der Waals surface area contributed by atoms with E-state index in [2.05, 4.69) is 0 Å². The zero-order chi connectivity index (χ0) is 5.21. The van der Waals surface area contributed by atoms with Crippen molar-refractivity contribution in [3.63, 3.8) is 0 Å². The van der Waals surface area contributed by atoms with Gasteiger partial charge >= 0.3 is 88.7 Å². The van der Waals surface area contributed by atoms with Gasteiger partial charge in [-0.15, -0.1) is 0 Å². The molecule has 0 aliphatic rings. The van der Waals surface area contributed by atoms with Crippen molar-refractivity contribution in [2.75, 3.05) is 6.16 Å². The van der Waals surface area contributed by atoms with Crippen LogP contribution in [0.2, 0.25) is 0 Å². The molecule has 0 bridgehead atoms. The summed E-state index contributed by atoms with van der Waals surface area (Å²) in [5.74, 6) is 0. The summed E-state index contributed by atoms with van der Waals surface area (Å²) in [5, 5.41) is 0. The molecule has 0 atom stereocenters. The van der Waals surface area contributed by atoms with E-state index in [0.717, 1.165) is 0 Å². The molecule has 0 aromatic heterocycles. The van der Waals surface area contributed by atoms with E-state index in [-0.39, 0.29) is 94.8 Å². The Morgan fingerprint density at radius 1 is 1.00 bits per heavy atom. The second-order valence-electron chi connectivity index (χ2n) is 0.927. The monoisotopic (exact) mass is 177 g/mol. The van der Waals surface area contributed by atoms with Crippen LogP contribution in [0.15, 0.2) is 0 Å². The van der Waals surface area contributed by atoms with Crippen LogP contribution in [0.3, 0.4) is 0 Å². The average molecular weight is 177 g/mol. The predicted octanol–water partition coefficient (Wildman–Crippen LogP) is -11.1. The number of hydrogen-bond acceptors (Lipinski definition) is 3. The zero-order valence-corrected chi connectivity index (χ0v) is 13.3. The van der Waals surface area contributed by atoms with Crippen molar-refractivity contribution < 1.29 is 103 Å². The molecule has 7 heteroatoms. The minimum Gasteiger partial charge on any atom is -0.688 e. The first-order chi connectivity index (χ1) is 2.56. The Kier molecular flexibility index (Phi) is 28.7. The maximum atomic E-state index is 9.47. The summed E-state index contributed by atoms with van der Waals surface area (Å²) in [7, 11) is -4.15. The van der Waals surface area contributed by atoms with Crippen LogP contribution in [-0.2, 0) is 0 Å². The van der Waals surface area contributed by atoms with E-state index < -0.39 is 7.94 Å². The number of hydrogen-bond donors (Lipinski definition) is 0. The van der Waals surface area contributed by atoms with Gasteiger partial charge in [-0.25, -0.2) is 0 Å². The molecule has 9 heavy (non-hydrogen) atoms. The molecule has 0 aliphatic carbocycles. The third-order valence-corrected chi connectivity index (χ3v) is 1.16. The van der Waals surface area contributed by atoms with Crippen molar-refractivity contribution in [2.24, 2.45) is 0 Å². The maximum Gasteiger partial charge on any atom is 1.00 e. The third kappa shape index (κ3) is 24.6. The molecule has 0 unspecified atom stereocenters. The van der Waals surface area contributed by atoms with E-state index in [4.69, 9.17) is 0 Å². The topological polar surface area (TPSA) is 69.2 Å². The fourth-order valence-electron chi connectivity index (χ4n) is 0. The quantitative estimate of drug-likeness (QED) is 0.295. The van der Waals surface area contributed by atoms with Crippen LogP contribution in [0.1, 0.15) is 6.92 Å². The van der Waals surface area contributed by atoms with Gasteiger partial charge < -0.3 is 14.7 Å². The van der Waals surface area contributed by atoms with E-state index in [1.807, 2.05) is 0 Å². The summed E-state index contributed by atoms with van der Waals surface area (Å²) in [5.41, 5.74) is 0. The first-order valence-electron chi connectivity index (χ1n) is 1.57. The molecule has 0 N–H and O–H groups in total. The van der Waals surface area contributed by atoms with Gasteiger partial charge in [-0.1, -0.05) is 0 Å². The van der Waals surface area contributed by atoms with Gasteiger partial charge in [0.05, 0.1) is 0 Å². The molecule has 0 spiro atoms. The van der Waals surface area contributed by atoms with E-state index >= 15 is 0 Å². The third-order valence-electron chi connectivity index (χ3n) is 0.387. The van der Waals surface area contributed by atoms with Gasteiger partial charge in [0.15, 0.2) is 0 Å². The Hall–Kier alpha value is 3.31. The fraction of sp³-hybridized carbons (Fsp3) is 1.00. The molecule has 3 nitrogen and oxygen atoms in total. The van der Waals surface area contributed by atoms with Crippen LogP contribution in [0, 0.1) is 0 Å². The molecule has 0 heterocycles. The minimum absolute atomic E-state index is 0. The predicted molar refractivity (Wildman–Crippen MR) is 17.5 cm³/mol. The normalized spacial score (nSPS) is 8.00. The second kappa shape index (κ2) is 11.3. The van der Waals surface area contributed by atoms with E-state index in [9.17, 15) is 14.7 Å². The van der Waals surface area contributed by atoms with Crippen LogP contribution >= 0.6 is 7.94 Å². The summed E-state index contributed by atoms with van der Waals surface area (Å²) in [6, 6.07) is 0. The summed E-state index contributed by atoms with van der Waals surface area (Å²) < 4.78 is 0. The summed E-state index contributed by atoms with van der Waals surface area (Å²) in [6.45, 7) is 1.32. The largest absolute Gasteiger partial charge is 1.00 e. The first-order valence-corrected chi connectivity index (χ1v) is 3.30. The standard InChI is InChI=1S/C2H7O3P.3Na/c1-2-6(3,4)5;;;/h2H2,1H3,(H2,3,4,5);;;/q;3*+1/p-2. The van der Waals surface area contributed by atoms with Gasteiger partial charge in [0.2, 0.25) is 0 Å². The zero-order valence-electron chi connectivity index (χ0n) is 6.38. The molecule has 0 saturated heterocycles. The van der Waals surface area contributed by atoms with Gasteiger partial charge in [-0.05, 0) is 6.92 Å². The molecular weight excluding hydrogens is 172 g/mol. The average Bonchev–Trinajstić information content (AvgIpc) is 1.35. The van der Waals surface area contributed by atoms with Gasteiger partial charge in [0.25, 0.3) is 0 Å². The maximum absolute atomic E-state index is 9.47. The SMILES string of the molecule is CC[P+]([O-])([O-])[O-].[Na+].[Na+].[Na+]. The van der Waals surface area contributed by atoms with Gasteiger partial charge in [-0.3, -0.25) is 0 Å². The van der Waals surface area contributed by atoms with Crippen molar-refractivity contribution in [3.05, 3.63) is 0 Å². The summed E-state index contributed by atoms with van der Waals surface area (Å²) in [6.07, 6.45) is -0.285. The molecule has 0 aromatic carbocycles. The summed E-state index contributed by atoms with van der Waals surface area (Å²) in [4.78, 5) is 28.4.